The molecule has 0 amide bonds. The maximum atomic E-state index is 6.53. The third-order valence-corrected chi connectivity index (χ3v) is 9.31. The van der Waals surface area contributed by atoms with Crippen LogP contribution in [0.2, 0.25) is 0 Å². The average molecular weight is 589 g/mol. The first-order valence-corrected chi connectivity index (χ1v) is 14.6. The van der Waals surface area contributed by atoms with E-state index in [4.69, 9.17) is 9.72 Å². The lowest BCUT2D eigenvalue weighted by Gasteiger charge is -2.39. The van der Waals surface area contributed by atoms with Crippen molar-refractivity contribution in [1.29, 1.82) is 0 Å². The molecule has 1 spiro atoms. The van der Waals surface area contributed by atoms with E-state index in [1.54, 1.807) is 0 Å². The van der Waals surface area contributed by atoms with Gasteiger partial charge in [-0.05, 0) is 70.1 Å². The Morgan fingerprint density at radius 2 is 1.15 bits per heavy atom. The summed E-state index contributed by atoms with van der Waals surface area (Å²) in [7, 11) is 0. The van der Waals surface area contributed by atoms with E-state index >= 15 is 0 Å². The molecular weight excluding hydrogens is 566 g/mol. The highest BCUT2D eigenvalue weighted by molar-refractivity contribution is 9.10. The minimum atomic E-state index is -0.506. The number of aromatic nitrogens is 1. The van der Waals surface area contributed by atoms with Crippen LogP contribution >= 0.6 is 15.9 Å². The van der Waals surface area contributed by atoms with Gasteiger partial charge in [-0.3, -0.25) is 0 Å². The van der Waals surface area contributed by atoms with Crippen LogP contribution in [-0.4, -0.2) is 4.98 Å². The lowest BCUT2D eigenvalue weighted by Crippen LogP contribution is -2.32. The molecule has 3 heteroatoms. The van der Waals surface area contributed by atoms with Crippen LogP contribution in [0.5, 0.6) is 11.5 Å². The van der Waals surface area contributed by atoms with Crippen LogP contribution in [0, 0.1) is 0 Å². The molecule has 0 radical (unpaired) electrons. The molecule has 0 saturated heterocycles. The van der Waals surface area contributed by atoms with Crippen molar-refractivity contribution in [1.82, 2.24) is 4.98 Å². The molecule has 0 atom stereocenters. The van der Waals surface area contributed by atoms with E-state index in [1.165, 1.54) is 38.8 Å². The molecule has 0 unspecified atom stereocenters. The fraction of sp³-hybridized carbons (Fsp3) is 0.0263. The quantitative estimate of drug-likeness (QED) is 0.178. The van der Waals surface area contributed by atoms with Gasteiger partial charge in [-0.2, -0.15) is 0 Å². The number of para-hydroxylation sites is 3. The van der Waals surface area contributed by atoms with Crippen LogP contribution in [0.1, 0.15) is 22.3 Å². The minimum Gasteiger partial charge on any atom is -0.457 e. The number of pyridine rings is 1. The number of hydrogen-bond donors (Lipinski definition) is 0. The molecule has 6 aromatic carbocycles. The molecular formula is C38H22BrNO. The van der Waals surface area contributed by atoms with Crippen LogP contribution in [0.25, 0.3) is 44.1 Å². The summed E-state index contributed by atoms with van der Waals surface area (Å²) in [6.45, 7) is 0. The first-order valence-electron chi connectivity index (χ1n) is 13.8. The van der Waals surface area contributed by atoms with Crippen molar-refractivity contribution in [2.75, 3.05) is 0 Å². The number of fused-ring (bicyclic) bond motifs is 12. The Morgan fingerprint density at radius 1 is 0.512 bits per heavy atom. The van der Waals surface area contributed by atoms with Crippen molar-refractivity contribution in [2.24, 2.45) is 0 Å². The van der Waals surface area contributed by atoms with Crippen molar-refractivity contribution < 1.29 is 4.74 Å². The largest absolute Gasteiger partial charge is 0.457 e. The van der Waals surface area contributed by atoms with Gasteiger partial charge in [0.15, 0.2) is 0 Å². The summed E-state index contributed by atoms with van der Waals surface area (Å²) in [6, 6.07) is 47.7. The van der Waals surface area contributed by atoms with Gasteiger partial charge in [-0.25, -0.2) is 4.98 Å². The first-order chi connectivity index (χ1) is 20.2. The second-order valence-corrected chi connectivity index (χ2v) is 11.7. The molecule has 0 saturated carbocycles. The molecule has 0 fully saturated rings. The Labute approximate surface area is 246 Å². The molecule has 41 heavy (non-hydrogen) atoms. The molecule has 2 heterocycles. The van der Waals surface area contributed by atoms with Crippen molar-refractivity contribution in [3.8, 4) is 33.9 Å². The highest BCUT2D eigenvalue weighted by Gasteiger charge is 2.51. The SMILES string of the molecule is Brc1ccc(-c2nc3ccccc3c3cc4c(cc23)C2(c3ccccc3Oc3ccccc32)c2ccccc2-4)cc1. The summed E-state index contributed by atoms with van der Waals surface area (Å²) >= 11 is 3.61. The predicted molar refractivity (Wildman–Crippen MR) is 170 cm³/mol. The van der Waals surface area contributed by atoms with Crippen LogP contribution in [0.15, 0.2) is 138 Å². The van der Waals surface area contributed by atoms with Crippen LogP contribution in [0.4, 0.5) is 0 Å². The number of benzene rings is 6. The maximum Gasteiger partial charge on any atom is 0.132 e. The summed E-state index contributed by atoms with van der Waals surface area (Å²) in [5.41, 5.74) is 10.0. The van der Waals surface area contributed by atoms with Gasteiger partial charge in [0.25, 0.3) is 0 Å². The lowest BCUT2D eigenvalue weighted by atomic mass is 9.66. The summed E-state index contributed by atoms with van der Waals surface area (Å²) < 4.78 is 7.58. The van der Waals surface area contributed by atoms with E-state index in [2.05, 4.69) is 149 Å². The number of hydrogen-bond acceptors (Lipinski definition) is 2. The van der Waals surface area contributed by atoms with Gasteiger partial charge in [0.1, 0.15) is 11.5 Å². The van der Waals surface area contributed by atoms with Gasteiger partial charge in [0.05, 0.1) is 16.6 Å². The minimum absolute atomic E-state index is 0.506. The number of nitrogens with zero attached hydrogens (tertiary/aromatic N) is 1. The van der Waals surface area contributed by atoms with E-state index in [9.17, 15) is 0 Å². The summed E-state index contributed by atoms with van der Waals surface area (Å²) in [5.74, 6) is 1.80. The van der Waals surface area contributed by atoms with Crippen LogP contribution in [-0.2, 0) is 5.41 Å². The van der Waals surface area contributed by atoms with Gasteiger partial charge in [-0.1, -0.05) is 107 Å². The highest BCUT2D eigenvalue weighted by atomic mass is 79.9. The molecule has 1 aliphatic carbocycles. The molecule has 192 valence electrons. The molecule has 2 nitrogen and oxygen atoms in total. The molecule has 0 N–H and O–H groups in total. The lowest BCUT2D eigenvalue weighted by molar-refractivity contribution is 0.436. The summed E-state index contributed by atoms with van der Waals surface area (Å²) in [6.07, 6.45) is 0. The Balaban J connectivity index is 1.49. The van der Waals surface area contributed by atoms with Gasteiger partial charge in [0.2, 0.25) is 0 Å². The second kappa shape index (κ2) is 8.39. The van der Waals surface area contributed by atoms with Gasteiger partial charge < -0.3 is 4.74 Å². The summed E-state index contributed by atoms with van der Waals surface area (Å²) in [5, 5.41) is 3.53. The number of halogens is 1. The standard InChI is InChI=1S/C38H22BrNO/c39-24-19-17-23(18-20-24)37-29-22-33-28(21-27(29)26-10-2-6-14-34(26)40-37)25-9-1-3-11-30(25)38(33)31-12-4-7-15-35(31)41-36-16-8-5-13-32(36)38/h1-22H. The molecule has 9 rings (SSSR count). The Morgan fingerprint density at radius 3 is 1.90 bits per heavy atom. The zero-order valence-electron chi connectivity index (χ0n) is 21.9. The number of ether oxygens (including phenoxy) is 1. The first kappa shape index (κ1) is 23.0. The smallest absolute Gasteiger partial charge is 0.132 e. The van der Waals surface area contributed by atoms with E-state index in [-0.39, 0.29) is 0 Å². The third-order valence-electron chi connectivity index (χ3n) is 8.78. The normalized spacial score (nSPS) is 13.9. The topological polar surface area (TPSA) is 22.1 Å². The molecule has 0 bridgehead atoms. The van der Waals surface area contributed by atoms with Crippen LogP contribution < -0.4 is 4.74 Å². The third kappa shape index (κ3) is 3.04. The van der Waals surface area contributed by atoms with Crippen molar-refractivity contribution in [2.45, 2.75) is 5.41 Å². The second-order valence-electron chi connectivity index (χ2n) is 10.8. The van der Waals surface area contributed by atoms with E-state index < -0.39 is 5.41 Å². The van der Waals surface area contributed by atoms with E-state index in [0.717, 1.165) is 43.5 Å². The molecule has 2 aliphatic rings. The number of rotatable bonds is 1. The van der Waals surface area contributed by atoms with Crippen molar-refractivity contribution >= 4 is 37.6 Å². The monoisotopic (exact) mass is 587 g/mol. The Kier molecular flexibility index (Phi) is 4.71. The fourth-order valence-electron chi connectivity index (χ4n) is 7.12. The predicted octanol–water partition coefficient (Wildman–Crippen LogP) is 10.3. The van der Waals surface area contributed by atoms with Gasteiger partial charge >= 0.3 is 0 Å². The zero-order valence-corrected chi connectivity index (χ0v) is 23.5. The van der Waals surface area contributed by atoms with Crippen molar-refractivity contribution in [3.05, 3.63) is 160 Å². The van der Waals surface area contributed by atoms with Crippen LogP contribution in [0.3, 0.4) is 0 Å². The molecule has 1 aliphatic heterocycles. The Hall–Kier alpha value is -4.73. The molecule has 1 aromatic heterocycles. The van der Waals surface area contributed by atoms with E-state index in [1.807, 2.05) is 0 Å². The highest BCUT2D eigenvalue weighted by Crippen LogP contribution is 2.62. The Bertz CT molecular complexity index is 2150. The fourth-order valence-corrected chi connectivity index (χ4v) is 7.39. The van der Waals surface area contributed by atoms with Crippen molar-refractivity contribution in [3.63, 3.8) is 0 Å². The van der Waals surface area contributed by atoms with E-state index in [0.29, 0.717) is 0 Å². The van der Waals surface area contributed by atoms with Gasteiger partial charge in [0, 0.05) is 31.9 Å². The van der Waals surface area contributed by atoms with Gasteiger partial charge in [-0.15, -0.1) is 0 Å². The average Bonchev–Trinajstić information content (AvgIpc) is 3.30. The summed E-state index contributed by atoms with van der Waals surface area (Å²) in [4.78, 5) is 5.26. The zero-order chi connectivity index (χ0) is 27.1. The maximum absolute atomic E-state index is 6.53. The molecule has 7 aromatic rings.